The molecule has 0 unspecified atom stereocenters. The molecule has 3 nitrogen and oxygen atoms in total. The van der Waals surface area contributed by atoms with Crippen LogP contribution in [0.1, 0.15) is 5.56 Å². The number of benzene rings is 1. The third-order valence-electron chi connectivity index (χ3n) is 1.59. The Morgan fingerprint density at radius 1 is 1.09 bits per heavy atom. The lowest BCUT2D eigenvalue weighted by Crippen LogP contribution is -2.01. The molecule has 0 amide bonds. The molecule has 1 aromatic carbocycles. The van der Waals surface area contributed by atoms with E-state index in [-0.39, 0.29) is 0 Å². The highest BCUT2D eigenvalue weighted by molar-refractivity contribution is 5.78. The van der Waals surface area contributed by atoms with Crippen LogP contribution in [-0.4, -0.2) is 0 Å². The molecule has 0 spiro atoms. The van der Waals surface area contributed by atoms with E-state index in [4.69, 9.17) is 17.2 Å². The Hall–Kier alpha value is -1.38. The lowest BCUT2D eigenvalue weighted by Gasteiger charge is -2.05. The minimum atomic E-state index is 0.460. The summed E-state index contributed by atoms with van der Waals surface area (Å²) in [6.45, 7) is 3.72. The number of hydrogen-bond donors (Lipinski definition) is 3. The Labute approximate surface area is 66.2 Å². The van der Waals surface area contributed by atoms with Gasteiger partial charge in [0.2, 0.25) is 0 Å². The van der Waals surface area contributed by atoms with Gasteiger partial charge >= 0.3 is 0 Å². The molecular weight excluding hydrogens is 138 g/mol. The van der Waals surface area contributed by atoms with Crippen molar-refractivity contribution in [2.45, 2.75) is 6.42 Å². The van der Waals surface area contributed by atoms with E-state index in [0.717, 1.165) is 5.56 Å². The van der Waals surface area contributed by atoms with Crippen molar-refractivity contribution in [2.24, 2.45) is 0 Å². The van der Waals surface area contributed by atoms with Crippen LogP contribution in [0.3, 0.4) is 0 Å². The second kappa shape index (κ2) is 2.70. The SMILES string of the molecule is [CH2]Cc1cc(N)c(N)c(N)c1. The molecule has 0 bridgehead atoms. The van der Waals surface area contributed by atoms with Gasteiger partial charge in [0.25, 0.3) is 0 Å². The fourth-order valence-corrected chi connectivity index (χ4v) is 0.908. The third-order valence-corrected chi connectivity index (χ3v) is 1.59. The van der Waals surface area contributed by atoms with Crippen molar-refractivity contribution in [1.29, 1.82) is 0 Å². The van der Waals surface area contributed by atoms with E-state index < -0.39 is 0 Å². The minimum Gasteiger partial charge on any atom is -0.397 e. The van der Waals surface area contributed by atoms with E-state index >= 15 is 0 Å². The first-order chi connectivity index (χ1) is 5.15. The zero-order valence-electron chi connectivity index (χ0n) is 6.30. The normalized spacial score (nSPS) is 9.91. The molecule has 0 atom stereocenters. The van der Waals surface area contributed by atoms with Crippen LogP contribution in [0.15, 0.2) is 12.1 Å². The van der Waals surface area contributed by atoms with Crippen molar-refractivity contribution >= 4 is 17.1 Å². The summed E-state index contributed by atoms with van der Waals surface area (Å²) in [6.07, 6.45) is 0.675. The summed E-state index contributed by atoms with van der Waals surface area (Å²) in [5, 5.41) is 0. The molecule has 1 aromatic rings. The molecule has 0 aromatic heterocycles. The van der Waals surface area contributed by atoms with Crippen molar-refractivity contribution in [2.75, 3.05) is 17.2 Å². The van der Waals surface area contributed by atoms with E-state index in [1.807, 2.05) is 0 Å². The molecule has 0 saturated heterocycles. The highest BCUT2D eigenvalue weighted by Crippen LogP contribution is 2.24. The molecule has 0 aliphatic rings. The van der Waals surface area contributed by atoms with E-state index in [1.165, 1.54) is 0 Å². The Balaban J connectivity index is 3.21. The molecule has 11 heavy (non-hydrogen) atoms. The summed E-state index contributed by atoms with van der Waals surface area (Å²) in [5.74, 6) is 0. The van der Waals surface area contributed by atoms with Gasteiger partial charge in [0, 0.05) is 0 Å². The zero-order chi connectivity index (χ0) is 8.43. The van der Waals surface area contributed by atoms with Crippen LogP contribution >= 0.6 is 0 Å². The second-order valence-corrected chi connectivity index (χ2v) is 2.44. The van der Waals surface area contributed by atoms with E-state index in [9.17, 15) is 0 Å². The van der Waals surface area contributed by atoms with Crippen molar-refractivity contribution in [3.63, 3.8) is 0 Å². The number of nitrogens with two attached hydrogens (primary N) is 3. The second-order valence-electron chi connectivity index (χ2n) is 2.44. The number of nitrogen functional groups attached to an aromatic ring is 3. The van der Waals surface area contributed by atoms with Gasteiger partial charge in [0.05, 0.1) is 17.1 Å². The zero-order valence-corrected chi connectivity index (χ0v) is 6.30. The first kappa shape index (κ1) is 7.72. The predicted molar refractivity (Wildman–Crippen MR) is 48.7 cm³/mol. The number of rotatable bonds is 1. The quantitative estimate of drug-likeness (QED) is 0.518. The smallest absolute Gasteiger partial charge is 0.0781 e. The van der Waals surface area contributed by atoms with Gasteiger partial charge in [0.1, 0.15) is 0 Å². The van der Waals surface area contributed by atoms with Crippen LogP contribution in [0.25, 0.3) is 0 Å². The van der Waals surface area contributed by atoms with E-state index in [0.29, 0.717) is 23.5 Å². The fraction of sp³-hybridized carbons (Fsp3) is 0.125. The summed E-state index contributed by atoms with van der Waals surface area (Å²) >= 11 is 0. The summed E-state index contributed by atoms with van der Waals surface area (Å²) in [5.41, 5.74) is 19.2. The Morgan fingerprint density at radius 3 is 1.91 bits per heavy atom. The topological polar surface area (TPSA) is 78.1 Å². The van der Waals surface area contributed by atoms with Gasteiger partial charge in [-0.2, -0.15) is 0 Å². The van der Waals surface area contributed by atoms with Crippen molar-refractivity contribution < 1.29 is 0 Å². The van der Waals surface area contributed by atoms with Crippen molar-refractivity contribution in [3.8, 4) is 0 Å². The minimum absolute atomic E-state index is 0.460. The maximum Gasteiger partial charge on any atom is 0.0781 e. The van der Waals surface area contributed by atoms with Crippen LogP contribution < -0.4 is 17.2 Å². The van der Waals surface area contributed by atoms with Gasteiger partial charge in [-0.3, -0.25) is 0 Å². The van der Waals surface area contributed by atoms with Crippen molar-refractivity contribution in [1.82, 2.24) is 0 Å². The third kappa shape index (κ3) is 1.37. The molecule has 0 saturated carbocycles. The predicted octanol–water partition coefficient (Wildman–Crippen LogP) is 0.810. The Morgan fingerprint density at radius 2 is 1.55 bits per heavy atom. The standard InChI is InChI=1S/C8H12N3/c1-2-5-3-6(9)8(11)7(10)4-5/h3-4H,1-2,9-11H2. The molecule has 0 aliphatic heterocycles. The maximum absolute atomic E-state index is 5.56. The lowest BCUT2D eigenvalue weighted by molar-refractivity contribution is 1.28. The molecule has 6 N–H and O–H groups in total. The molecule has 0 fully saturated rings. The van der Waals surface area contributed by atoms with Gasteiger partial charge in [-0.25, -0.2) is 0 Å². The molecule has 1 rings (SSSR count). The van der Waals surface area contributed by atoms with Crippen molar-refractivity contribution in [3.05, 3.63) is 24.6 Å². The fourth-order valence-electron chi connectivity index (χ4n) is 0.908. The lowest BCUT2D eigenvalue weighted by atomic mass is 10.1. The Bertz CT molecular complexity index is 245. The Kier molecular flexibility index (Phi) is 1.89. The summed E-state index contributed by atoms with van der Waals surface area (Å²) < 4.78 is 0. The van der Waals surface area contributed by atoms with Gasteiger partial charge in [-0.05, 0) is 31.0 Å². The van der Waals surface area contributed by atoms with E-state index in [1.54, 1.807) is 12.1 Å². The number of hydrogen-bond acceptors (Lipinski definition) is 3. The largest absolute Gasteiger partial charge is 0.397 e. The van der Waals surface area contributed by atoms with Gasteiger partial charge in [-0.1, -0.05) is 0 Å². The van der Waals surface area contributed by atoms with Gasteiger partial charge in [-0.15, -0.1) is 0 Å². The molecular formula is C8H12N3. The van der Waals surface area contributed by atoms with Gasteiger partial charge < -0.3 is 17.2 Å². The van der Waals surface area contributed by atoms with Crippen LogP contribution in [0.2, 0.25) is 0 Å². The first-order valence-electron chi connectivity index (χ1n) is 3.37. The molecule has 59 valence electrons. The molecule has 0 heterocycles. The van der Waals surface area contributed by atoms with Crippen LogP contribution in [0.5, 0.6) is 0 Å². The highest BCUT2D eigenvalue weighted by Gasteiger charge is 2.00. The van der Waals surface area contributed by atoms with Crippen LogP contribution in [0, 0.1) is 6.92 Å². The monoisotopic (exact) mass is 150 g/mol. The summed E-state index contributed by atoms with van der Waals surface area (Å²) in [6, 6.07) is 3.58. The van der Waals surface area contributed by atoms with Crippen LogP contribution in [-0.2, 0) is 6.42 Å². The number of anilines is 3. The summed E-state index contributed by atoms with van der Waals surface area (Å²) in [4.78, 5) is 0. The van der Waals surface area contributed by atoms with Gasteiger partial charge in [0.15, 0.2) is 0 Å². The maximum atomic E-state index is 5.56. The molecule has 3 heteroatoms. The first-order valence-corrected chi connectivity index (χ1v) is 3.37. The average Bonchev–Trinajstić information content (AvgIpc) is 1.99. The summed E-state index contributed by atoms with van der Waals surface area (Å²) in [7, 11) is 0. The molecule has 0 aliphatic carbocycles. The van der Waals surface area contributed by atoms with Crippen LogP contribution in [0.4, 0.5) is 17.1 Å². The highest BCUT2D eigenvalue weighted by atomic mass is 14.7. The average molecular weight is 150 g/mol. The van der Waals surface area contributed by atoms with E-state index in [2.05, 4.69) is 6.92 Å². The molecule has 1 radical (unpaired) electrons.